The Bertz CT molecular complexity index is 1240. The van der Waals surface area contributed by atoms with Crippen molar-refractivity contribution in [1.29, 1.82) is 0 Å². The fraction of sp³-hybridized carbons (Fsp3) is 0.583. The van der Waals surface area contributed by atoms with Gasteiger partial charge in [0.05, 0.1) is 6.61 Å². The molecule has 1 amide bonds. The third-order valence-corrected chi connectivity index (χ3v) is 8.05. The molecule has 1 saturated heterocycles. The lowest BCUT2D eigenvalue weighted by Crippen LogP contribution is -2.78. The maximum absolute atomic E-state index is 14.1. The van der Waals surface area contributed by atoms with Gasteiger partial charge in [0, 0.05) is 28.4 Å². The minimum Gasteiger partial charge on any atom is -0.463 e. The largest absolute Gasteiger partial charge is 0.463 e. The third kappa shape index (κ3) is 10.2. The Morgan fingerprint density at radius 1 is 0.867 bits per heavy atom. The van der Waals surface area contributed by atoms with Crippen LogP contribution >= 0.6 is 0 Å². The summed E-state index contributed by atoms with van der Waals surface area (Å²) in [6.07, 6.45) is 0.960. The predicted molar refractivity (Wildman–Crippen MR) is 171 cm³/mol. The van der Waals surface area contributed by atoms with Crippen molar-refractivity contribution in [3.8, 4) is 0 Å². The quantitative estimate of drug-likeness (QED) is 0.143. The van der Waals surface area contributed by atoms with Gasteiger partial charge in [-0.3, -0.25) is 14.4 Å². The van der Waals surface area contributed by atoms with Crippen molar-refractivity contribution in [2.75, 3.05) is 6.61 Å². The topological polar surface area (TPSA) is 131 Å². The number of rotatable bonds is 19. The highest BCUT2D eigenvalue weighted by atomic mass is 16.7. The molecule has 1 aliphatic rings. The van der Waals surface area contributed by atoms with E-state index in [1.807, 2.05) is 43.3 Å². The molecule has 45 heavy (non-hydrogen) atoms. The Hall–Kier alpha value is -3.11. The predicted octanol–water partition coefficient (Wildman–Crippen LogP) is 5.19. The summed E-state index contributed by atoms with van der Waals surface area (Å²) in [6, 6.07) is 16.7. The number of esters is 1. The molecule has 1 fully saturated rings. The fourth-order valence-electron chi connectivity index (χ4n) is 5.62. The molecule has 0 spiro atoms. The number of ether oxygens (including phenoxy) is 3. The summed E-state index contributed by atoms with van der Waals surface area (Å²) in [7, 11) is 0. The highest BCUT2D eigenvalue weighted by molar-refractivity contribution is 5.89. The zero-order valence-corrected chi connectivity index (χ0v) is 26.5. The van der Waals surface area contributed by atoms with Crippen LogP contribution in [-0.4, -0.2) is 64.1 Å². The van der Waals surface area contributed by atoms with Crippen molar-refractivity contribution in [2.45, 2.75) is 128 Å². The number of carbonyl (C=O) groups excluding carboxylic acids is 3. The van der Waals surface area contributed by atoms with Gasteiger partial charge in [-0.25, -0.2) is 0 Å². The number of benzene rings is 2. The van der Waals surface area contributed by atoms with Crippen LogP contribution in [0.2, 0.25) is 0 Å². The molecule has 2 aromatic carbocycles. The highest BCUT2D eigenvalue weighted by Crippen LogP contribution is 2.41. The standard InChI is InChI=1S/C36H51NO8/c1-4-7-11-22-29(38)36(42)30(26-43-32(40)23-12-8-5-2)45-35(41,24-27-18-13-9-14-19-27)33(37-31(39)17-6-3)34(36)44-25-28-20-15-10-16-21-28/h9-10,13-16,18-21,30,33-34,41-42H,4-8,11-12,17,22-26H2,1-3H3,(H,37,39)/t30-,33-,34-,35?,36-/m1/s1/i1D,2D. The van der Waals surface area contributed by atoms with Crippen molar-refractivity contribution in [3.63, 3.8) is 0 Å². The summed E-state index contributed by atoms with van der Waals surface area (Å²) in [5.41, 5.74) is -1.01. The molecule has 1 aliphatic heterocycles. The molecule has 9 nitrogen and oxygen atoms in total. The number of carbonyl (C=O) groups is 3. The Kier molecular flexibility index (Phi) is 13.4. The molecule has 3 rings (SSSR count). The first-order valence-electron chi connectivity index (χ1n) is 17.5. The van der Waals surface area contributed by atoms with Crippen molar-refractivity contribution < 1.29 is 41.5 Å². The van der Waals surface area contributed by atoms with E-state index in [0.29, 0.717) is 50.5 Å². The Labute approximate surface area is 270 Å². The van der Waals surface area contributed by atoms with Crippen LogP contribution in [0.4, 0.5) is 0 Å². The molecular formula is C36H51NO8. The molecule has 5 atom stereocenters. The molecule has 2 aromatic rings. The molecule has 1 unspecified atom stereocenters. The number of ketones is 1. The average molecular weight is 628 g/mol. The number of nitrogens with one attached hydrogen (secondary N) is 1. The Morgan fingerprint density at radius 3 is 2.11 bits per heavy atom. The van der Waals surface area contributed by atoms with Crippen molar-refractivity contribution in [1.82, 2.24) is 5.32 Å². The maximum Gasteiger partial charge on any atom is 0.305 e. The van der Waals surface area contributed by atoms with Gasteiger partial charge < -0.3 is 29.7 Å². The number of hydrogen-bond acceptors (Lipinski definition) is 8. The minimum absolute atomic E-state index is 0.0516. The first-order valence-corrected chi connectivity index (χ1v) is 16.1. The van der Waals surface area contributed by atoms with Crippen LogP contribution in [0, 0.1) is 0 Å². The van der Waals surface area contributed by atoms with Gasteiger partial charge in [0.25, 0.3) is 0 Å². The van der Waals surface area contributed by atoms with Gasteiger partial charge in [-0.2, -0.15) is 0 Å². The van der Waals surface area contributed by atoms with Gasteiger partial charge in [-0.05, 0) is 30.4 Å². The van der Waals surface area contributed by atoms with Gasteiger partial charge in [0.2, 0.25) is 5.91 Å². The Morgan fingerprint density at radius 2 is 1.49 bits per heavy atom. The number of unbranched alkanes of at least 4 members (excludes halogenated alkanes) is 4. The molecule has 3 N–H and O–H groups in total. The molecular weight excluding hydrogens is 574 g/mol. The van der Waals surface area contributed by atoms with Crippen LogP contribution in [0.5, 0.6) is 0 Å². The number of amides is 1. The van der Waals surface area contributed by atoms with E-state index in [1.54, 1.807) is 24.3 Å². The zero-order chi connectivity index (χ0) is 34.1. The molecule has 9 heteroatoms. The first kappa shape index (κ1) is 33.3. The van der Waals surface area contributed by atoms with Gasteiger partial charge >= 0.3 is 5.97 Å². The van der Waals surface area contributed by atoms with E-state index in [1.165, 1.54) is 0 Å². The minimum atomic E-state index is -2.42. The second kappa shape index (κ2) is 18.1. The van der Waals surface area contributed by atoms with Gasteiger partial charge in [-0.1, -0.05) is 107 Å². The Balaban J connectivity index is 2.07. The van der Waals surface area contributed by atoms with Gasteiger partial charge in [-0.15, -0.1) is 0 Å². The number of Topliss-reactive ketones (excluding diaryl/α,β-unsaturated/α-hetero) is 1. The molecule has 0 saturated carbocycles. The van der Waals surface area contributed by atoms with E-state index in [9.17, 15) is 24.6 Å². The number of hydrogen-bond donors (Lipinski definition) is 3. The lowest BCUT2D eigenvalue weighted by molar-refractivity contribution is -0.343. The SMILES string of the molecule is [2H]CCCCCC(=O)OC[C@H]1OC(O)(Cc2ccccc2)[C@H](NC(=O)CCC)[C@@H](OCc2ccccc2)[C@@]1(O)C(=O)CCCCC[2H]. The van der Waals surface area contributed by atoms with E-state index in [-0.39, 0.29) is 46.1 Å². The van der Waals surface area contributed by atoms with Gasteiger partial charge in [0.1, 0.15) is 24.9 Å². The van der Waals surface area contributed by atoms with Crippen LogP contribution < -0.4 is 5.32 Å². The summed E-state index contributed by atoms with van der Waals surface area (Å²) in [5, 5.41) is 27.7. The van der Waals surface area contributed by atoms with E-state index < -0.39 is 53.9 Å². The lowest BCUT2D eigenvalue weighted by Gasteiger charge is -2.54. The van der Waals surface area contributed by atoms with E-state index in [4.69, 9.17) is 17.0 Å². The van der Waals surface area contributed by atoms with Crippen LogP contribution in [0.15, 0.2) is 60.7 Å². The van der Waals surface area contributed by atoms with Crippen molar-refractivity contribution in [3.05, 3.63) is 71.8 Å². The smallest absolute Gasteiger partial charge is 0.305 e. The number of aliphatic hydroxyl groups is 2. The van der Waals surface area contributed by atoms with Crippen molar-refractivity contribution in [2.24, 2.45) is 0 Å². The van der Waals surface area contributed by atoms with E-state index in [2.05, 4.69) is 5.32 Å². The van der Waals surface area contributed by atoms with E-state index in [0.717, 1.165) is 5.56 Å². The highest BCUT2D eigenvalue weighted by Gasteiger charge is 2.65. The normalized spacial score (nSPS) is 25.2. The fourth-order valence-corrected chi connectivity index (χ4v) is 5.62. The summed E-state index contributed by atoms with van der Waals surface area (Å²) in [6.45, 7) is 1.73. The summed E-state index contributed by atoms with van der Waals surface area (Å²) < 4.78 is 33.0. The second-order valence-electron chi connectivity index (χ2n) is 11.7. The molecule has 1 heterocycles. The van der Waals surface area contributed by atoms with Crippen LogP contribution in [-0.2, 0) is 41.6 Å². The van der Waals surface area contributed by atoms with Gasteiger partial charge in [0.15, 0.2) is 17.2 Å². The van der Waals surface area contributed by atoms with Crippen molar-refractivity contribution >= 4 is 17.7 Å². The lowest BCUT2D eigenvalue weighted by atomic mass is 9.74. The summed E-state index contributed by atoms with van der Waals surface area (Å²) in [4.78, 5) is 40.0. The molecule has 0 radical (unpaired) electrons. The summed E-state index contributed by atoms with van der Waals surface area (Å²) >= 11 is 0. The summed E-state index contributed by atoms with van der Waals surface area (Å²) in [5.74, 6) is -3.78. The van der Waals surface area contributed by atoms with Crippen LogP contribution in [0.25, 0.3) is 0 Å². The van der Waals surface area contributed by atoms with Crippen LogP contribution in [0.1, 0.15) is 98.8 Å². The molecule has 0 bridgehead atoms. The molecule has 0 aliphatic carbocycles. The average Bonchev–Trinajstić information content (AvgIpc) is 3.06. The third-order valence-electron chi connectivity index (χ3n) is 8.05. The monoisotopic (exact) mass is 627 g/mol. The molecule has 0 aromatic heterocycles. The van der Waals surface area contributed by atoms with E-state index >= 15 is 0 Å². The first-order chi connectivity index (χ1) is 22.7. The van der Waals surface area contributed by atoms with Crippen LogP contribution in [0.3, 0.4) is 0 Å². The molecule has 248 valence electrons. The zero-order valence-electron chi connectivity index (χ0n) is 28.5. The second-order valence-corrected chi connectivity index (χ2v) is 11.7. The maximum atomic E-state index is 14.1.